The molecule has 0 amide bonds. The van der Waals surface area contributed by atoms with Crippen molar-refractivity contribution >= 4 is 50.0 Å². The molecule has 0 fully saturated rings. The van der Waals surface area contributed by atoms with Gasteiger partial charge in [-0.1, -0.05) is 25.4 Å². The molecule has 0 unspecified atom stereocenters. The second-order valence-electron chi connectivity index (χ2n) is 5.62. The third-order valence-corrected chi connectivity index (χ3v) is 7.40. The molecule has 3 rings (SSSR count). The highest BCUT2D eigenvalue weighted by atomic mass is 35.5. The van der Waals surface area contributed by atoms with Crippen LogP contribution in [0, 0.1) is 5.82 Å². The number of halogens is 2. The van der Waals surface area contributed by atoms with Gasteiger partial charge >= 0.3 is 0 Å². The highest BCUT2D eigenvalue weighted by Crippen LogP contribution is 2.33. The number of hydrogen-bond donors (Lipinski definition) is 1. The molecule has 0 saturated carbocycles. The van der Waals surface area contributed by atoms with Gasteiger partial charge in [-0.15, -0.1) is 22.7 Å². The van der Waals surface area contributed by atoms with E-state index < -0.39 is 15.8 Å². The summed E-state index contributed by atoms with van der Waals surface area (Å²) in [5.74, 6) is -0.217. The third-order valence-electron chi connectivity index (χ3n) is 3.38. The minimum atomic E-state index is -3.81. The zero-order chi connectivity index (χ0) is 18.2. The number of hydrogen-bond acceptors (Lipinski definition) is 5. The summed E-state index contributed by atoms with van der Waals surface area (Å²) in [6.45, 7) is 4.11. The van der Waals surface area contributed by atoms with E-state index in [1.165, 1.54) is 17.4 Å². The molecule has 132 valence electrons. The lowest BCUT2D eigenvalue weighted by Crippen LogP contribution is -2.11. The molecule has 0 aliphatic rings. The van der Waals surface area contributed by atoms with E-state index in [1.807, 2.05) is 5.38 Å². The Bertz CT molecular complexity index is 1010. The molecule has 1 N–H and O–H groups in total. The summed E-state index contributed by atoms with van der Waals surface area (Å²) in [4.78, 5) is 4.53. The maximum Gasteiger partial charge on any atom is 0.271 e. The van der Waals surface area contributed by atoms with Gasteiger partial charge < -0.3 is 0 Å². The topological polar surface area (TPSA) is 59.1 Å². The largest absolute Gasteiger partial charge is 0.277 e. The highest BCUT2D eigenvalue weighted by molar-refractivity contribution is 7.94. The van der Waals surface area contributed by atoms with Crippen LogP contribution in [0.5, 0.6) is 0 Å². The van der Waals surface area contributed by atoms with Gasteiger partial charge in [-0.25, -0.2) is 17.8 Å². The van der Waals surface area contributed by atoms with Gasteiger partial charge in [-0.05, 0) is 30.2 Å². The summed E-state index contributed by atoms with van der Waals surface area (Å²) in [6.07, 6.45) is 0. The number of thiazole rings is 1. The van der Waals surface area contributed by atoms with Crippen molar-refractivity contribution in [2.75, 3.05) is 4.72 Å². The normalized spacial score (nSPS) is 11.9. The van der Waals surface area contributed by atoms with Gasteiger partial charge in [0.05, 0.1) is 16.4 Å². The Hall–Kier alpha value is -1.48. The van der Waals surface area contributed by atoms with E-state index >= 15 is 0 Å². The summed E-state index contributed by atoms with van der Waals surface area (Å²) in [6, 6.07) is 5.07. The molecule has 0 radical (unpaired) electrons. The van der Waals surface area contributed by atoms with Crippen LogP contribution in [0.15, 0.2) is 39.2 Å². The standard InChI is InChI=1S/C16H14ClFN2O2S3/c1-9(2)14-8-24-16(19-14)10-5-15(23-7-10)25(21,22)20-13-4-3-11(18)6-12(13)17/h3-9,20H,1-2H3. The predicted octanol–water partition coefficient (Wildman–Crippen LogP) is 5.59. The SMILES string of the molecule is CC(C)c1csc(-c2csc(S(=O)(=O)Nc3ccc(F)cc3Cl)c2)n1. The molecule has 3 aromatic rings. The Morgan fingerprint density at radius 1 is 1.20 bits per heavy atom. The maximum atomic E-state index is 13.1. The van der Waals surface area contributed by atoms with Gasteiger partial charge in [0.1, 0.15) is 15.0 Å². The fourth-order valence-corrected chi connectivity index (χ4v) is 5.58. The van der Waals surface area contributed by atoms with Crippen LogP contribution < -0.4 is 4.72 Å². The average Bonchev–Trinajstić information content (AvgIpc) is 3.18. The molecule has 0 bridgehead atoms. The van der Waals surface area contributed by atoms with E-state index in [0.29, 0.717) is 5.92 Å². The number of anilines is 1. The van der Waals surface area contributed by atoms with Crippen LogP contribution in [-0.4, -0.2) is 13.4 Å². The fraction of sp³-hybridized carbons (Fsp3) is 0.188. The average molecular weight is 417 g/mol. The van der Waals surface area contributed by atoms with E-state index in [-0.39, 0.29) is 14.9 Å². The number of aromatic nitrogens is 1. The molecular weight excluding hydrogens is 403 g/mol. The Balaban J connectivity index is 1.87. The molecule has 0 aliphatic heterocycles. The van der Waals surface area contributed by atoms with Gasteiger partial charge in [0.15, 0.2) is 0 Å². The van der Waals surface area contributed by atoms with Crippen molar-refractivity contribution in [1.82, 2.24) is 4.98 Å². The van der Waals surface area contributed by atoms with Gasteiger partial charge in [0, 0.05) is 16.3 Å². The lowest BCUT2D eigenvalue weighted by atomic mass is 10.2. The van der Waals surface area contributed by atoms with Gasteiger partial charge in [-0.3, -0.25) is 4.72 Å². The number of rotatable bonds is 5. The van der Waals surface area contributed by atoms with Crippen LogP contribution >= 0.6 is 34.3 Å². The minimum Gasteiger partial charge on any atom is -0.277 e. The van der Waals surface area contributed by atoms with Gasteiger partial charge in [0.2, 0.25) is 0 Å². The van der Waals surface area contributed by atoms with E-state index in [2.05, 4.69) is 23.6 Å². The van der Waals surface area contributed by atoms with Crippen molar-refractivity contribution in [3.8, 4) is 10.6 Å². The summed E-state index contributed by atoms with van der Waals surface area (Å²) in [7, 11) is -3.81. The lowest BCUT2D eigenvalue weighted by Gasteiger charge is -2.07. The lowest BCUT2D eigenvalue weighted by molar-refractivity contribution is 0.603. The van der Waals surface area contributed by atoms with Gasteiger partial charge in [-0.2, -0.15) is 0 Å². The highest BCUT2D eigenvalue weighted by Gasteiger charge is 2.20. The Kier molecular flexibility index (Phi) is 5.15. The quantitative estimate of drug-likeness (QED) is 0.589. The fourth-order valence-electron chi connectivity index (χ4n) is 2.02. The molecule has 2 aromatic heterocycles. The third kappa shape index (κ3) is 4.03. The van der Waals surface area contributed by atoms with Crippen molar-refractivity contribution in [2.45, 2.75) is 24.0 Å². The monoisotopic (exact) mass is 416 g/mol. The molecule has 4 nitrogen and oxygen atoms in total. The van der Waals surface area contributed by atoms with Crippen LogP contribution in [0.3, 0.4) is 0 Å². The molecule has 0 saturated heterocycles. The summed E-state index contributed by atoms with van der Waals surface area (Å²) >= 11 is 8.46. The molecule has 25 heavy (non-hydrogen) atoms. The molecule has 0 spiro atoms. The predicted molar refractivity (Wildman–Crippen MR) is 102 cm³/mol. The minimum absolute atomic E-state index is 0.00172. The molecule has 9 heteroatoms. The smallest absolute Gasteiger partial charge is 0.271 e. The van der Waals surface area contributed by atoms with E-state index in [4.69, 9.17) is 11.6 Å². The number of nitrogens with zero attached hydrogens (tertiary/aromatic N) is 1. The van der Waals surface area contributed by atoms with Crippen molar-refractivity contribution in [3.05, 3.63) is 51.6 Å². The first-order valence-corrected chi connectivity index (χ1v) is 10.9. The number of nitrogens with one attached hydrogen (secondary N) is 1. The van der Waals surface area contributed by atoms with E-state index in [1.54, 1.807) is 11.4 Å². The van der Waals surface area contributed by atoms with Crippen molar-refractivity contribution in [2.24, 2.45) is 0 Å². The molecule has 2 heterocycles. The van der Waals surface area contributed by atoms with Crippen LogP contribution in [0.2, 0.25) is 5.02 Å². The van der Waals surface area contributed by atoms with Crippen molar-refractivity contribution < 1.29 is 12.8 Å². The van der Waals surface area contributed by atoms with E-state index in [9.17, 15) is 12.8 Å². The molecule has 0 aliphatic carbocycles. The van der Waals surface area contributed by atoms with Crippen molar-refractivity contribution in [1.29, 1.82) is 0 Å². The second-order valence-corrected chi connectivity index (χ2v) is 9.70. The first-order chi connectivity index (χ1) is 11.8. The molecule has 1 aromatic carbocycles. The number of thiophene rings is 1. The van der Waals surface area contributed by atoms with Crippen LogP contribution in [-0.2, 0) is 10.0 Å². The maximum absolute atomic E-state index is 13.1. The Labute approximate surface area is 158 Å². The summed E-state index contributed by atoms with van der Waals surface area (Å²) in [5.41, 5.74) is 1.87. The molecular formula is C16H14ClFN2O2S3. The van der Waals surface area contributed by atoms with Crippen LogP contribution in [0.4, 0.5) is 10.1 Å². The zero-order valence-corrected chi connectivity index (χ0v) is 16.5. The van der Waals surface area contributed by atoms with E-state index in [0.717, 1.165) is 39.7 Å². The summed E-state index contributed by atoms with van der Waals surface area (Å²) < 4.78 is 40.7. The first kappa shape index (κ1) is 18.3. The van der Waals surface area contributed by atoms with Gasteiger partial charge in [0.25, 0.3) is 10.0 Å². The number of sulfonamides is 1. The zero-order valence-electron chi connectivity index (χ0n) is 13.3. The first-order valence-electron chi connectivity index (χ1n) is 7.28. The Morgan fingerprint density at radius 2 is 1.96 bits per heavy atom. The Morgan fingerprint density at radius 3 is 2.60 bits per heavy atom. The van der Waals surface area contributed by atoms with Crippen LogP contribution in [0.25, 0.3) is 10.6 Å². The molecule has 0 atom stereocenters. The van der Waals surface area contributed by atoms with Crippen LogP contribution in [0.1, 0.15) is 25.5 Å². The number of benzene rings is 1. The summed E-state index contributed by atoms with van der Waals surface area (Å²) in [5, 5.41) is 4.51. The second kappa shape index (κ2) is 7.03. The van der Waals surface area contributed by atoms with Crippen molar-refractivity contribution in [3.63, 3.8) is 0 Å².